The predicted molar refractivity (Wildman–Crippen MR) is 74.2 cm³/mol. The van der Waals surface area contributed by atoms with Crippen LogP contribution in [0.3, 0.4) is 0 Å². The molecule has 0 aliphatic rings. The standard InChI is InChI=1S/C13H18N4S/c1-10-16-13(9-18-10)8-17(2)7-11-3-4-15-12(5-11)6-14/h3-5,9H,6-8,14H2,1-2H3. The minimum atomic E-state index is 0.489. The van der Waals surface area contributed by atoms with E-state index in [1.807, 2.05) is 19.2 Å². The highest BCUT2D eigenvalue weighted by Crippen LogP contribution is 2.12. The summed E-state index contributed by atoms with van der Waals surface area (Å²) in [5.74, 6) is 0. The maximum atomic E-state index is 5.59. The molecule has 2 N–H and O–H groups in total. The molecule has 18 heavy (non-hydrogen) atoms. The quantitative estimate of drug-likeness (QED) is 0.894. The Morgan fingerprint density at radius 1 is 1.33 bits per heavy atom. The van der Waals surface area contributed by atoms with Gasteiger partial charge in [0.25, 0.3) is 0 Å². The molecule has 4 nitrogen and oxygen atoms in total. The van der Waals surface area contributed by atoms with Crippen LogP contribution in [0.4, 0.5) is 0 Å². The maximum absolute atomic E-state index is 5.59. The molecular formula is C13H18N4S. The van der Waals surface area contributed by atoms with Gasteiger partial charge in [0.2, 0.25) is 0 Å². The molecule has 0 saturated carbocycles. The second-order valence-electron chi connectivity index (χ2n) is 4.39. The van der Waals surface area contributed by atoms with Crippen LogP contribution >= 0.6 is 11.3 Å². The normalized spacial score (nSPS) is 11.1. The number of hydrogen-bond acceptors (Lipinski definition) is 5. The van der Waals surface area contributed by atoms with Crippen molar-refractivity contribution in [3.8, 4) is 0 Å². The second-order valence-corrected chi connectivity index (χ2v) is 5.45. The van der Waals surface area contributed by atoms with E-state index in [2.05, 4.69) is 33.4 Å². The smallest absolute Gasteiger partial charge is 0.0897 e. The van der Waals surface area contributed by atoms with E-state index in [0.29, 0.717) is 6.54 Å². The number of nitrogens with zero attached hydrogens (tertiary/aromatic N) is 3. The summed E-state index contributed by atoms with van der Waals surface area (Å²) in [6.07, 6.45) is 1.82. The first-order valence-electron chi connectivity index (χ1n) is 5.91. The van der Waals surface area contributed by atoms with Gasteiger partial charge in [0.05, 0.1) is 16.4 Å². The molecule has 0 aliphatic heterocycles. The fraction of sp³-hybridized carbons (Fsp3) is 0.385. The lowest BCUT2D eigenvalue weighted by Gasteiger charge is -2.15. The van der Waals surface area contributed by atoms with E-state index in [4.69, 9.17) is 5.73 Å². The lowest BCUT2D eigenvalue weighted by Crippen LogP contribution is -2.17. The number of pyridine rings is 1. The first-order chi connectivity index (χ1) is 8.67. The Bertz CT molecular complexity index is 509. The van der Waals surface area contributed by atoms with Crippen molar-refractivity contribution in [2.45, 2.75) is 26.6 Å². The average Bonchev–Trinajstić information content (AvgIpc) is 2.74. The van der Waals surface area contributed by atoms with Gasteiger partial charge < -0.3 is 5.73 Å². The van der Waals surface area contributed by atoms with Crippen LogP contribution in [0.5, 0.6) is 0 Å². The molecule has 2 rings (SSSR count). The molecule has 2 heterocycles. The summed E-state index contributed by atoms with van der Waals surface area (Å²) in [7, 11) is 2.09. The van der Waals surface area contributed by atoms with Crippen LogP contribution in [0.15, 0.2) is 23.7 Å². The zero-order valence-corrected chi connectivity index (χ0v) is 11.6. The highest BCUT2D eigenvalue weighted by molar-refractivity contribution is 7.09. The number of aryl methyl sites for hydroxylation is 1. The summed E-state index contributed by atoms with van der Waals surface area (Å²) in [6, 6.07) is 4.09. The Morgan fingerprint density at radius 2 is 2.17 bits per heavy atom. The van der Waals surface area contributed by atoms with E-state index in [9.17, 15) is 0 Å². The zero-order valence-electron chi connectivity index (χ0n) is 10.8. The van der Waals surface area contributed by atoms with Gasteiger partial charge in [-0.2, -0.15) is 0 Å². The number of thiazole rings is 1. The minimum Gasteiger partial charge on any atom is -0.325 e. The van der Waals surface area contributed by atoms with Crippen LogP contribution in [0, 0.1) is 6.92 Å². The summed E-state index contributed by atoms with van der Waals surface area (Å²) in [5, 5.41) is 3.23. The number of hydrogen-bond donors (Lipinski definition) is 1. The van der Waals surface area contributed by atoms with Crippen LogP contribution in [0.1, 0.15) is 22.0 Å². The van der Waals surface area contributed by atoms with Crippen molar-refractivity contribution >= 4 is 11.3 Å². The molecule has 0 atom stereocenters. The largest absolute Gasteiger partial charge is 0.325 e. The molecule has 0 bridgehead atoms. The molecule has 2 aromatic rings. The third kappa shape index (κ3) is 3.60. The highest BCUT2D eigenvalue weighted by Gasteiger charge is 2.05. The van der Waals surface area contributed by atoms with Gasteiger partial charge in [-0.3, -0.25) is 9.88 Å². The summed E-state index contributed by atoms with van der Waals surface area (Å²) >= 11 is 1.69. The fourth-order valence-corrected chi connectivity index (χ4v) is 2.47. The Hall–Kier alpha value is -1.30. The Morgan fingerprint density at radius 3 is 2.83 bits per heavy atom. The van der Waals surface area contributed by atoms with E-state index in [1.54, 1.807) is 11.3 Å². The molecule has 2 aromatic heterocycles. The molecular weight excluding hydrogens is 244 g/mol. The molecule has 0 aromatic carbocycles. The van der Waals surface area contributed by atoms with Crippen molar-refractivity contribution in [2.24, 2.45) is 5.73 Å². The Balaban J connectivity index is 1.96. The van der Waals surface area contributed by atoms with Crippen LogP contribution in [-0.4, -0.2) is 21.9 Å². The Kier molecular flexibility index (Phi) is 4.41. The van der Waals surface area contributed by atoms with Crippen molar-refractivity contribution in [3.05, 3.63) is 45.7 Å². The molecule has 0 spiro atoms. The first kappa shape index (κ1) is 13.1. The van der Waals surface area contributed by atoms with Crippen molar-refractivity contribution in [1.29, 1.82) is 0 Å². The first-order valence-corrected chi connectivity index (χ1v) is 6.79. The van der Waals surface area contributed by atoms with E-state index in [-0.39, 0.29) is 0 Å². The third-order valence-electron chi connectivity index (χ3n) is 2.64. The van der Waals surface area contributed by atoms with E-state index >= 15 is 0 Å². The summed E-state index contributed by atoms with van der Waals surface area (Å²) in [6.45, 7) is 4.27. The van der Waals surface area contributed by atoms with Crippen molar-refractivity contribution in [3.63, 3.8) is 0 Å². The number of rotatable bonds is 5. The van der Waals surface area contributed by atoms with E-state index in [0.717, 1.165) is 29.5 Å². The lowest BCUT2D eigenvalue weighted by molar-refractivity contribution is 0.315. The summed E-state index contributed by atoms with van der Waals surface area (Å²) < 4.78 is 0. The predicted octanol–water partition coefficient (Wildman–Crippen LogP) is 1.94. The highest BCUT2D eigenvalue weighted by atomic mass is 32.1. The topological polar surface area (TPSA) is 55.0 Å². The average molecular weight is 262 g/mol. The lowest BCUT2D eigenvalue weighted by atomic mass is 10.2. The SMILES string of the molecule is Cc1nc(CN(C)Cc2ccnc(CN)c2)cs1. The van der Waals surface area contributed by atoms with Gasteiger partial charge in [-0.05, 0) is 31.7 Å². The molecule has 5 heteroatoms. The third-order valence-corrected chi connectivity index (χ3v) is 3.46. The number of nitrogens with two attached hydrogens (primary N) is 1. The van der Waals surface area contributed by atoms with Crippen molar-refractivity contribution < 1.29 is 0 Å². The van der Waals surface area contributed by atoms with Gasteiger partial charge in [0.15, 0.2) is 0 Å². The van der Waals surface area contributed by atoms with Gasteiger partial charge in [0.1, 0.15) is 0 Å². The van der Waals surface area contributed by atoms with Crippen molar-refractivity contribution in [1.82, 2.24) is 14.9 Å². The van der Waals surface area contributed by atoms with Gasteiger partial charge in [-0.1, -0.05) is 0 Å². The number of aromatic nitrogens is 2. The molecule has 0 aliphatic carbocycles. The van der Waals surface area contributed by atoms with Gasteiger partial charge in [-0.25, -0.2) is 4.98 Å². The summed E-state index contributed by atoms with van der Waals surface area (Å²) in [5.41, 5.74) is 8.90. The van der Waals surface area contributed by atoms with Crippen LogP contribution < -0.4 is 5.73 Å². The van der Waals surface area contributed by atoms with E-state index in [1.165, 1.54) is 5.56 Å². The fourth-order valence-electron chi connectivity index (χ4n) is 1.86. The van der Waals surface area contributed by atoms with Crippen LogP contribution in [0.25, 0.3) is 0 Å². The molecule has 0 saturated heterocycles. The van der Waals surface area contributed by atoms with Gasteiger partial charge >= 0.3 is 0 Å². The zero-order chi connectivity index (χ0) is 13.0. The monoisotopic (exact) mass is 262 g/mol. The molecule has 0 fully saturated rings. The summed E-state index contributed by atoms with van der Waals surface area (Å²) in [4.78, 5) is 10.9. The van der Waals surface area contributed by atoms with Crippen LogP contribution in [-0.2, 0) is 19.6 Å². The minimum absolute atomic E-state index is 0.489. The van der Waals surface area contributed by atoms with Crippen LogP contribution in [0.2, 0.25) is 0 Å². The second kappa shape index (κ2) is 6.04. The maximum Gasteiger partial charge on any atom is 0.0897 e. The van der Waals surface area contributed by atoms with Crippen molar-refractivity contribution in [2.75, 3.05) is 7.05 Å². The van der Waals surface area contributed by atoms with E-state index < -0.39 is 0 Å². The van der Waals surface area contributed by atoms with Gasteiger partial charge in [-0.15, -0.1) is 11.3 Å². The Labute approximate surface area is 111 Å². The molecule has 96 valence electrons. The van der Waals surface area contributed by atoms with Gasteiger partial charge in [0, 0.05) is 31.2 Å². The molecule has 0 unspecified atom stereocenters. The molecule has 0 amide bonds. The molecule has 0 radical (unpaired) electrons.